The fraction of sp³-hybridized carbons (Fsp3) is 0.333. The molecule has 1 aliphatic rings. The van der Waals surface area contributed by atoms with Gasteiger partial charge in [0.25, 0.3) is 5.91 Å². The number of sulfonamides is 1. The number of carbonyl (C=O) groups is 2. The maximum absolute atomic E-state index is 12.7. The third-order valence-corrected chi connectivity index (χ3v) is 7.53. The van der Waals surface area contributed by atoms with Crippen LogP contribution in [0.15, 0.2) is 35.2 Å². The molecule has 0 saturated carbocycles. The summed E-state index contributed by atoms with van der Waals surface area (Å²) in [5.41, 5.74) is 1.11. The zero-order valence-electron chi connectivity index (χ0n) is 14.6. The second-order valence-electron chi connectivity index (χ2n) is 6.23. The van der Waals surface area contributed by atoms with Gasteiger partial charge in [0.15, 0.2) is 5.78 Å². The van der Waals surface area contributed by atoms with E-state index in [4.69, 9.17) is 0 Å². The normalized spacial score (nSPS) is 15.2. The Kier molecular flexibility index (Phi) is 5.27. The number of amides is 1. The van der Waals surface area contributed by atoms with Crippen molar-refractivity contribution in [3.63, 3.8) is 0 Å². The van der Waals surface area contributed by atoms with Crippen molar-refractivity contribution < 1.29 is 18.0 Å². The summed E-state index contributed by atoms with van der Waals surface area (Å²) in [6.45, 7) is 4.25. The lowest BCUT2D eigenvalue weighted by atomic mass is 10.1. The Hall–Kier alpha value is -2.03. The van der Waals surface area contributed by atoms with Gasteiger partial charge in [0.1, 0.15) is 0 Å². The number of anilines is 1. The second-order valence-corrected chi connectivity index (χ2v) is 9.39. The van der Waals surface area contributed by atoms with Gasteiger partial charge in [-0.15, -0.1) is 11.3 Å². The maximum Gasteiger partial charge on any atom is 0.265 e. The van der Waals surface area contributed by atoms with Gasteiger partial charge >= 0.3 is 0 Å². The van der Waals surface area contributed by atoms with E-state index in [1.54, 1.807) is 31.2 Å². The molecule has 26 heavy (non-hydrogen) atoms. The van der Waals surface area contributed by atoms with Crippen molar-refractivity contribution in [1.82, 2.24) is 4.31 Å². The first-order chi connectivity index (χ1) is 12.3. The Balaban J connectivity index is 1.79. The van der Waals surface area contributed by atoms with E-state index in [1.165, 1.54) is 17.3 Å². The fourth-order valence-electron chi connectivity index (χ4n) is 2.88. The standard InChI is InChI=1S/C18H20N2O4S2/c1-12(21)14-5-7-15(8-6-14)19-18(22)16-11-17(13(2)25-16)26(23,24)20-9-3-4-10-20/h5-8,11H,3-4,9-10H2,1-2H3,(H,19,22). The molecule has 1 aliphatic heterocycles. The van der Waals surface area contributed by atoms with Gasteiger partial charge in [-0.05, 0) is 57.0 Å². The van der Waals surface area contributed by atoms with Crippen LogP contribution in [0.25, 0.3) is 0 Å². The summed E-state index contributed by atoms with van der Waals surface area (Å²) >= 11 is 1.16. The number of ketones is 1. The topological polar surface area (TPSA) is 83.5 Å². The Morgan fingerprint density at radius 2 is 1.73 bits per heavy atom. The summed E-state index contributed by atoms with van der Waals surface area (Å²) in [4.78, 5) is 24.9. The van der Waals surface area contributed by atoms with Gasteiger partial charge in [-0.2, -0.15) is 4.31 Å². The highest BCUT2D eigenvalue weighted by Crippen LogP contribution is 2.30. The highest BCUT2D eigenvalue weighted by Gasteiger charge is 2.30. The van der Waals surface area contributed by atoms with Crippen molar-refractivity contribution in [2.24, 2.45) is 0 Å². The van der Waals surface area contributed by atoms with Crippen molar-refractivity contribution in [2.45, 2.75) is 31.6 Å². The van der Waals surface area contributed by atoms with Crippen LogP contribution < -0.4 is 5.32 Å². The summed E-state index contributed by atoms with van der Waals surface area (Å²) in [6, 6.07) is 8.03. The number of nitrogens with one attached hydrogen (secondary N) is 1. The number of carbonyl (C=O) groups excluding carboxylic acids is 2. The van der Waals surface area contributed by atoms with Gasteiger partial charge in [-0.3, -0.25) is 9.59 Å². The quantitative estimate of drug-likeness (QED) is 0.792. The zero-order chi connectivity index (χ0) is 18.9. The van der Waals surface area contributed by atoms with E-state index in [9.17, 15) is 18.0 Å². The molecule has 2 aromatic rings. The predicted molar refractivity (Wildman–Crippen MR) is 101 cm³/mol. The Morgan fingerprint density at radius 3 is 2.31 bits per heavy atom. The van der Waals surface area contributed by atoms with Gasteiger partial charge in [0.05, 0.1) is 9.77 Å². The fourth-order valence-corrected chi connectivity index (χ4v) is 5.85. The molecular formula is C18H20N2O4S2. The van der Waals surface area contributed by atoms with Crippen LogP contribution in [-0.4, -0.2) is 37.5 Å². The number of benzene rings is 1. The minimum atomic E-state index is -3.54. The smallest absolute Gasteiger partial charge is 0.265 e. The number of thiophene rings is 1. The van der Waals surface area contributed by atoms with Gasteiger partial charge in [-0.1, -0.05) is 0 Å². The lowest BCUT2D eigenvalue weighted by Crippen LogP contribution is -2.28. The Labute approximate surface area is 156 Å². The van der Waals surface area contributed by atoms with Crippen LogP contribution in [0.5, 0.6) is 0 Å². The first-order valence-corrected chi connectivity index (χ1v) is 10.6. The number of Topliss-reactive ketones (excluding diaryl/α,β-unsaturated/α-hetero) is 1. The molecule has 1 fully saturated rings. The van der Waals surface area contributed by atoms with E-state index in [2.05, 4.69) is 5.32 Å². The number of hydrogen-bond acceptors (Lipinski definition) is 5. The van der Waals surface area contributed by atoms with Gasteiger partial charge in [-0.25, -0.2) is 8.42 Å². The number of nitrogens with zero attached hydrogens (tertiary/aromatic N) is 1. The molecule has 0 spiro atoms. The van der Waals surface area contributed by atoms with Gasteiger partial charge in [0, 0.05) is 29.2 Å². The molecule has 0 unspecified atom stereocenters. The molecule has 3 rings (SSSR count). The third kappa shape index (κ3) is 3.72. The van der Waals surface area contributed by atoms with E-state index >= 15 is 0 Å². The van der Waals surface area contributed by atoms with Crippen molar-refractivity contribution in [3.8, 4) is 0 Å². The van der Waals surface area contributed by atoms with E-state index in [-0.39, 0.29) is 16.6 Å². The molecule has 138 valence electrons. The molecule has 1 N–H and O–H groups in total. The summed E-state index contributed by atoms with van der Waals surface area (Å²) < 4.78 is 26.9. The minimum absolute atomic E-state index is 0.0477. The minimum Gasteiger partial charge on any atom is -0.321 e. The number of aryl methyl sites for hydroxylation is 1. The number of rotatable bonds is 5. The lowest BCUT2D eigenvalue weighted by Gasteiger charge is -2.14. The molecule has 6 nitrogen and oxygen atoms in total. The molecule has 0 aliphatic carbocycles. The molecule has 0 radical (unpaired) electrons. The van der Waals surface area contributed by atoms with Gasteiger partial charge in [0.2, 0.25) is 10.0 Å². The second kappa shape index (κ2) is 7.30. The average Bonchev–Trinajstić information content (AvgIpc) is 3.25. The molecule has 1 aromatic heterocycles. The van der Waals surface area contributed by atoms with Crippen molar-refractivity contribution >= 4 is 38.7 Å². The molecule has 1 aromatic carbocycles. The van der Waals surface area contributed by atoms with Gasteiger partial charge < -0.3 is 5.32 Å². The first kappa shape index (κ1) is 18.8. The van der Waals surface area contributed by atoms with Crippen molar-refractivity contribution in [3.05, 3.63) is 45.6 Å². The molecule has 1 amide bonds. The van der Waals surface area contributed by atoms with Crippen LogP contribution in [0.4, 0.5) is 5.69 Å². The van der Waals surface area contributed by atoms with Crippen LogP contribution in [-0.2, 0) is 10.0 Å². The third-order valence-electron chi connectivity index (χ3n) is 4.33. The van der Waals surface area contributed by atoms with Crippen LogP contribution >= 0.6 is 11.3 Å². The van der Waals surface area contributed by atoms with E-state index in [0.29, 0.717) is 34.1 Å². The molecule has 2 heterocycles. The Bertz CT molecular complexity index is 940. The SMILES string of the molecule is CC(=O)c1ccc(NC(=O)c2cc(S(=O)(=O)N3CCCC3)c(C)s2)cc1. The van der Waals surface area contributed by atoms with E-state index in [1.807, 2.05) is 0 Å². The van der Waals surface area contributed by atoms with Crippen LogP contribution in [0.1, 0.15) is 44.7 Å². The lowest BCUT2D eigenvalue weighted by molar-refractivity contribution is 0.101. The maximum atomic E-state index is 12.7. The summed E-state index contributed by atoms with van der Waals surface area (Å²) in [5, 5.41) is 2.74. The molecule has 1 saturated heterocycles. The Morgan fingerprint density at radius 1 is 1.12 bits per heavy atom. The molecule has 8 heteroatoms. The summed E-state index contributed by atoms with van der Waals surface area (Å²) in [5.74, 6) is -0.412. The molecule has 0 atom stereocenters. The van der Waals surface area contributed by atoms with E-state index in [0.717, 1.165) is 24.2 Å². The predicted octanol–water partition coefficient (Wildman–Crippen LogP) is 3.30. The van der Waals surface area contributed by atoms with Crippen molar-refractivity contribution in [2.75, 3.05) is 18.4 Å². The average molecular weight is 393 g/mol. The highest BCUT2D eigenvalue weighted by atomic mass is 32.2. The molecule has 0 bridgehead atoms. The first-order valence-electron chi connectivity index (χ1n) is 8.32. The highest BCUT2D eigenvalue weighted by molar-refractivity contribution is 7.89. The van der Waals surface area contributed by atoms with Crippen LogP contribution in [0.3, 0.4) is 0 Å². The van der Waals surface area contributed by atoms with E-state index < -0.39 is 10.0 Å². The molecular weight excluding hydrogens is 372 g/mol. The monoisotopic (exact) mass is 392 g/mol. The zero-order valence-corrected chi connectivity index (χ0v) is 16.2. The van der Waals surface area contributed by atoms with Crippen LogP contribution in [0, 0.1) is 6.92 Å². The summed E-state index contributed by atoms with van der Waals surface area (Å²) in [7, 11) is -3.54. The summed E-state index contributed by atoms with van der Waals surface area (Å²) in [6.07, 6.45) is 1.73. The number of hydrogen-bond donors (Lipinski definition) is 1. The van der Waals surface area contributed by atoms with Crippen molar-refractivity contribution in [1.29, 1.82) is 0 Å². The van der Waals surface area contributed by atoms with Crippen LogP contribution in [0.2, 0.25) is 0 Å². The largest absolute Gasteiger partial charge is 0.321 e.